The highest BCUT2D eigenvalue weighted by atomic mass is 32.1. The molecule has 1 aliphatic heterocycles. The maximum absolute atomic E-state index is 10.5. The van der Waals surface area contributed by atoms with Crippen LogP contribution in [0.3, 0.4) is 0 Å². The van der Waals surface area contributed by atoms with Crippen LogP contribution in [0.25, 0.3) is 0 Å². The highest BCUT2D eigenvalue weighted by Crippen LogP contribution is 2.32. The summed E-state index contributed by atoms with van der Waals surface area (Å²) in [5.74, 6) is -0.694. The molecule has 4 heteroatoms. The number of carboxylic acid groups (broad SMARTS) is 1. The lowest BCUT2D eigenvalue weighted by atomic mass is 10.0. The van der Waals surface area contributed by atoms with Crippen LogP contribution >= 0.6 is 11.3 Å². The smallest absolute Gasteiger partial charge is 0.303 e. The van der Waals surface area contributed by atoms with Gasteiger partial charge in [-0.2, -0.15) is 0 Å². The van der Waals surface area contributed by atoms with Crippen molar-refractivity contribution in [2.24, 2.45) is 0 Å². The number of thiophene rings is 1. The van der Waals surface area contributed by atoms with Gasteiger partial charge in [0.15, 0.2) is 0 Å². The molecule has 0 saturated heterocycles. The molecule has 1 unspecified atom stereocenters. The normalized spacial score (nSPS) is 20.7. The number of hydrogen-bond acceptors (Lipinski definition) is 3. The van der Waals surface area contributed by atoms with Gasteiger partial charge in [-0.3, -0.25) is 9.69 Å². The SMILES string of the molecule is CC1c2ccsc2CCN1CCCC(=O)O. The predicted octanol–water partition coefficient (Wildman–Crippen LogP) is 2.53. The van der Waals surface area contributed by atoms with E-state index in [-0.39, 0.29) is 6.42 Å². The fraction of sp³-hybridized carbons (Fsp3) is 0.583. The number of fused-ring (bicyclic) bond motifs is 1. The van der Waals surface area contributed by atoms with Crippen molar-refractivity contribution in [1.82, 2.24) is 4.90 Å². The second-order valence-corrected chi connectivity index (χ2v) is 5.26. The number of aliphatic carboxylic acids is 1. The standard InChI is InChI=1S/C12H17NO2S/c1-9-10-5-8-16-11(10)4-7-13(9)6-2-3-12(14)15/h5,8-9H,2-4,6-7H2,1H3,(H,14,15). The van der Waals surface area contributed by atoms with Crippen LogP contribution in [-0.2, 0) is 11.2 Å². The van der Waals surface area contributed by atoms with Gasteiger partial charge in [-0.25, -0.2) is 0 Å². The maximum Gasteiger partial charge on any atom is 0.303 e. The Morgan fingerprint density at radius 3 is 3.25 bits per heavy atom. The van der Waals surface area contributed by atoms with Crippen LogP contribution in [0, 0.1) is 0 Å². The van der Waals surface area contributed by atoms with Crippen LogP contribution in [0.2, 0.25) is 0 Å². The number of rotatable bonds is 4. The van der Waals surface area contributed by atoms with Gasteiger partial charge in [0.25, 0.3) is 0 Å². The molecule has 1 aromatic heterocycles. The van der Waals surface area contributed by atoms with Crippen molar-refractivity contribution in [2.75, 3.05) is 13.1 Å². The Hall–Kier alpha value is -0.870. The summed E-state index contributed by atoms with van der Waals surface area (Å²) in [5, 5.41) is 10.8. The molecule has 0 radical (unpaired) electrons. The molecule has 0 amide bonds. The Balaban J connectivity index is 1.91. The zero-order valence-electron chi connectivity index (χ0n) is 9.48. The largest absolute Gasteiger partial charge is 0.481 e. The van der Waals surface area contributed by atoms with Gasteiger partial charge < -0.3 is 5.11 Å². The van der Waals surface area contributed by atoms with Crippen LogP contribution in [0.4, 0.5) is 0 Å². The molecule has 88 valence electrons. The molecule has 0 aromatic carbocycles. The highest BCUT2D eigenvalue weighted by molar-refractivity contribution is 7.10. The molecular formula is C12H17NO2S. The molecule has 3 nitrogen and oxygen atoms in total. The van der Waals surface area contributed by atoms with E-state index in [1.54, 1.807) is 0 Å². The molecule has 1 aromatic rings. The maximum atomic E-state index is 10.5. The first-order valence-corrected chi connectivity index (χ1v) is 6.58. The summed E-state index contributed by atoms with van der Waals surface area (Å²) < 4.78 is 0. The molecule has 1 N–H and O–H groups in total. The van der Waals surface area contributed by atoms with Crippen LogP contribution in [0.15, 0.2) is 11.4 Å². The molecular weight excluding hydrogens is 222 g/mol. The Labute approximate surface area is 99.7 Å². The summed E-state index contributed by atoms with van der Waals surface area (Å²) in [6.07, 6.45) is 2.14. The Kier molecular flexibility index (Phi) is 3.61. The molecule has 16 heavy (non-hydrogen) atoms. The van der Waals surface area contributed by atoms with E-state index in [4.69, 9.17) is 5.11 Å². The predicted molar refractivity (Wildman–Crippen MR) is 64.9 cm³/mol. The minimum atomic E-state index is -0.694. The molecule has 0 spiro atoms. The third-order valence-corrected chi connectivity index (χ3v) is 4.24. The monoisotopic (exact) mass is 239 g/mol. The summed E-state index contributed by atoms with van der Waals surface area (Å²) in [6, 6.07) is 2.65. The Morgan fingerprint density at radius 2 is 2.50 bits per heavy atom. The summed E-state index contributed by atoms with van der Waals surface area (Å²) >= 11 is 1.84. The topological polar surface area (TPSA) is 40.5 Å². The summed E-state index contributed by atoms with van der Waals surface area (Å²) in [6.45, 7) is 4.17. The van der Waals surface area contributed by atoms with E-state index in [0.717, 1.165) is 25.9 Å². The summed E-state index contributed by atoms with van der Waals surface area (Å²) in [4.78, 5) is 14.4. The fourth-order valence-corrected chi connectivity index (χ4v) is 3.26. The van der Waals surface area contributed by atoms with Gasteiger partial charge in [-0.05, 0) is 43.3 Å². The van der Waals surface area contributed by atoms with E-state index >= 15 is 0 Å². The lowest BCUT2D eigenvalue weighted by Gasteiger charge is -2.33. The minimum Gasteiger partial charge on any atom is -0.481 e. The van der Waals surface area contributed by atoms with Crippen molar-refractivity contribution < 1.29 is 9.90 Å². The Morgan fingerprint density at radius 1 is 1.69 bits per heavy atom. The first kappa shape index (κ1) is 11.6. The van der Waals surface area contributed by atoms with E-state index in [9.17, 15) is 4.79 Å². The Bertz CT molecular complexity index is 375. The number of nitrogens with zero attached hydrogens (tertiary/aromatic N) is 1. The van der Waals surface area contributed by atoms with Gasteiger partial charge in [0, 0.05) is 23.9 Å². The van der Waals surface area contributed by atoms with Crippen LogP contribution in [0.1, 0.15) is 36.2 Å². The van der Waals surface area contributed by atoms with Crippen molar-refractivity contribution in [1.29, 1.82) is 0 Å². The lowest BCUT2D eigenvalue weighted by molar-refractivity contribution is -0.137. The van der Waals surface area contributed by atoms with Crippen molar-refractivity contribution in [3.63, 3.8) is 0 Å². The number of carbonyl (C=O) groups is 1. The number of carboxylic acids is 1. The van der Waals surface area contributed by atoms with E-state index in [2.05, 4.69) is 23.3 Å². The van der Waals surface area contributed by atoms with Gasteiger partial charge in [-0.1, -0.05) is 0 Å². The summed E-state index contributed by atoms with van der Waals surface area (Å²) in [5.41, 5.74) is 1.44. The zero-order chi connectivity index (χ0) is 11.5. The van der Waals surface area contributed by atoms with E-state index in [1.807, 2.05) is 11.3 Å². The van der Waals surface area contributed by atoms with Gasteiger partial charge in [0.05, 0.1) is 0 Å². The average molecular weight is 239 g/mol. The highest BCUT2D eigenvalue weighted by Gasteiger charge is 2.23. The second-order valence-electron chi connectivity index (χ2n) is 4.26. The lowest BCUT2D eigenvalue weighted by Crippen LogP contribution is -2.34. The third-order valence-electron chi connectivity index (χ3n) is 3.24. The van der Waals surface area contributed by atoms with E-state index in [1.165, 1.54) is 10.4 Å². The first-order valence-electron chi connectivity index (χ1n) is 5.70. The quantitative estimate of drug-likeness (QED) is 0.877. The van der Waals surface area contributed by atoms with E-state index in [0.29, 0.717) is 6.04 Å². The molecule has 0 saturated carbocycles. The molecule has 0 aliphatic carbocycles. The molecule has 1 aliphatic rings. The van der Waals surface area contributed by atoms with Gasteiger partial charge in [0.2, 0.25) is 0 Å². The average Bonchev–Trinajstić information content (AvgIpc) is 2.69. The van der Waals surface area contributed by atoms with Crippen molar-refractivity contribution in [3.8, 4) is 0 Å². The number of hydrogen-bond donors (Lipinski definition) is 1. The molecule has 1 atom stereocenters. The molecule has 2 rings (SSSR count). The first-order chi connectivity index (χ1) is 7.68. The van der Waals surface area contributed by atoms with Crippen molar-refractivity contribution in [2.45, 2.75) is 32.2 Å². The zero-order valence-corrected chi connectivity index (χ0v) is 10.3. The third kappa shape index (κ3) is 2.44. The van der Waals surface area contributed by atoms with Gasteiger partial charge >= 0.3 is 5.97 Å². The second kappa shape index (κ2) is 4.97. The van der Waals surface area contributed by atoms with Crippen molar-refractivity contribution >= 4 is 17.3 Å². The van der Waals surface area contributed by atoms with E-state index < -0.39 is 5.97 Å². The van der Waals surface area contributed by atoms with Gasteiger partial charge in [-0.15, -0.1) is 11.3 Å². The van der Waals surface area contributed by atoms with Crippen LogP contribution in [0.5, 0.6) is 0 Å². The molecule has 2 heterocycles. The summed E-state index contributed by atoms with van der Waals surface area (Å²) in [7, 11) is 0. The molecule has 0 fully saturated rings. The van der Waals surface area contributed by atoms with Crippen molar-refractivity contribution in [3.05, 3.63) is 21.9 Å². The fourth-order valence-electron chi connectivity index (χ4n) is 2.30. The van der Waals surface area contributed by atoms with Crippen LogP contribution < -0.4 is 0 Å². The van der Waals surface area contributed by atoms with Crippen LogP contribution in [-0.4, -0.2) is 29.1 Å². The minimum absolute atomic E-state index is 0.277. The molecule has 0 bridgehead atoms. The van der Waals surface area contributed by atoms with Gasteiger partial charge in [0.1, 0.15) is 0 Å².